The molecule has 4 nitrogen and oxygen atoms in total. The third-order valence-electron chi connectivity index (χ3n) is 5.43. The summed E-state index contributed by atoms with van der Waals surface area (Å²) >= 11 is 0. The molecule has 1 N–H and O–H groups in total. The molecule has 26 heavy (non-hydrogen) atoms. The number of aromatic nitrogens is 1. The zero-order chi connectivity index (χ0) is 17.7. The summed E-state index contributed by atoms with van der Waals surface area (Å²) in [6.07, 6.45) is 4.42. The van der Waals surface area contributed by atoms with Crippen LogP contribution in [0, 0.1) is 0 Å². The summed E-state index contributed by atoms with van der Waals surface area (Å²) in [5.74, 6) is 0.965. The molecular formula is C22H20N2O2. The number of aryl methyl sites for hydroxylation is 2. The highest BCUT2D eigenvalue weighted by atomic mass is 16.5. The van der Waals surface area contributed by atoms with Crippen LogP contribution in [0.3, 0.4) is 0 Å². The fourth-order valence-corrected chi connectivity index (χ4v) is 4.23. The number of carbonyl (C=O) groups excluding carboxylic acids is 1. The first-order valence-corrected chi connectivity index (χ1v) is 9.03. The van der Waals surface area contributed by atoms with Crippen molar-refractivity contribution in [1.29, 1.82) is 0 Å². The third-order valence-corrected chi connectivity index (χ3v) is 5.43. The van der Waals surface area contributed by atoms with Gasteiger partial charge in [-0.15, -0.1) is 0 Å². The number of ketones is 1. The summed E-state index contributed by atoms with van der Waals surface area (Å²) in [6.45, 7) is 1.36. The van der Waals surface area contributed by atoms with Crippen LogP contribution in [0.1, 0.15) is 23.1 Å². The molecule has 130 valence electrons. The number of Topliss-reactive ketones (excluding diaryl/α,β-unsaturated/α-hetero) is 1. The first-order chi connectivity index (χ1) is 12.8. The van der Waals surface area contributed by atoms with Crippen LogP contribution >= 0.6 is 0 Å². The Hall–Kier alpha value is -3.01. The second-order valence-electron chi connectivity index (χ2n) is 6.91. The van der Waals surface area contributed by atoms with Gasteiger partial charge in [-0.1, -0.05) is 18.2 Å². The molecular weight excluding hydrogens is 324 g/mol. The van der Waals surface area contributed by atoms with E-state index >= 15 is 0 Å². The molecule has 2 aliphatic rings. The van der Waals surface area contributed by atoms with Crippen molar-refractivity contribution in [3.8, 4) is 5.75 Å². The summed E-state index contributed by atoms with van der Waals surface area (Å²) in [5, 5.41) is 4.49. The number of rotatable bonds is 3. The van der Waals surface area contributed by atoms with Gasteiger partial charge in [0.1, 0.15) is 5.75 Å². The molecule has 5 rings (SSSR count). The minimum absolute atomic E-state index is 0.152. The number of nitrogens with zero attached hydrogens (tertiary/aromatic N) is 1. The monoisotopic (exact) mass is 344 g/mol. The molecule has 2 aromatic carbocycles. The predicted octanol–water partition coefficient (Wildman–Crippen LogP) is 3.64. The van der Waals surface area contributed by atoms with E-state index in [1.807, 2.05) is 24.3 Å². The molecule has 0 fully saturated rings. The maximum absolute atomic E-state index is 12.8. The van der Waals surface area contributed by atoms with Gasteiger partial charge < -0.3 is 14.6 Å². The lowest BCUT2D eigenvalue weighted by molar-refractivity contribution is -0.112. The van der Waals surface area contributed by atoms with E-state index in [-0.39, 0.29) is 5.78 Å². The van der Waals surface area contributed by atoms with Crippen LogP contribution in [0.2, 0.25) is 0 Å². The summed E-state index contributed by atoms with van der Waals surface area (Å²) in [6, 6.07) is 14.3. The Morgan fingerprint density at radius 1 is 1.12 bits per heavy atom. The third kappa shape index (κ3) is 2.18. The van der Waals surface area contributed by atoms with Gasteiger partial charge in [0.15, 0.2) is 5.78 Å². The molecule has 0 radical (unpaired) electrons. The minimum Gasteiger partial charge on any atom is -0.497 e. The molecule has 0 atom stereocenters. The van der Waals surface area contributed by atoms with E-state index in [1.165, 1.54) is 16.5 Å². The molecule has 0 spiro atoms. The van der Waals surface area contributed by atoms with Crippen molar-refractivity contribution in [2.45, 2.75) is 19.4 Å². The standard InChI is InChI=1S/C22H20N2O2/c1-26-16-9-7-14(8-10-16)21-20(19(25)12-23-21)18-13-24-11-3-5-15-4-2-6-17(18)22(15)24/h2,4,6-10,13,23H,3,5,11-12H2,1H3. The van der Waals surface area contributed by atoms with Gasteiger partial charge in [0, 0.05) is 23.7 Å². The normalized spacial score (nSPS) is 16.3. The predicted molar refractivity (Wildman–Crippen MR) is 103 cm³/mol. The molecule has 3 aromatic rings. The van der Waals surface area contributed by atoms with E-state index in [9.17, 15) is 4.79 Å². The van der Waals surface area contributed by atoms with Crippen LogP contribution in [-0.4, -0.2) is 24.0 Å². The summed E-state index contributed by atoms with van der Waals surface area (Å²) < 4.78 is 7.57. The fraction of sp³-hybridized carbons (Fsp3) is 0.227. The van der Waals surface area contributed by atoms with Crippen LogP contribution in [0.5, 0.6) is 5.75 Å². The van der Waals surface area contributed by atoms with Crippen LogP contribution in [0.15, 0.2) is 48.7 Å². The number of ether oxygens (including phenoxy) is 1. The zero-order valence-corrected chi connectivity index (χ0v) is 14.7. The van der Waals surface area contributed by atoms with E-state index in [0.717, 1.165) is 47.5 Å². The lowest BCUT2D eigenvalue weighted by Gasteiger charge is -2.14. The van der Waals surface area contributed by atoms with E-state index in [4.69, 9.17) is 4.74 Å². The minimum atomic E-state index is 0.152. The largest absolute Gasteiger partial charge is 0.497 e. The molecule has 0 unspecified atom stereocenters. The van der Waals surface area contributed by atoms with E-state index < -0.39 is 0 Å². The molecule has 1 aromatic heterocycles. The van der Waals surface area contributed by atoms with Gasteiger partial charge in [0.05, 0.1) is 30.4 Å². The maximum Gasteiger partial charge on any atom is 0.184 e. The van der Waals surface area contributed by atoms with Crippen molar-refractivity contribution >= 4 is 28.0 Å². The van der Waals surface area contributed by atoms with Gasteiger partial charge in [-0.2, -0.15) is 0 Å². The number of hydrogen-bond acceptors (Lipinski definition) is 3. The average Bonchev–Trinajstić information content (AvgIpc) is 3.24. The lowest BCUT2D eigenvalue weighted by Crippen LogP contribution is -2.10. The molecule has 2 aliphatic heterocycles. The molecule has 3 heterocycles. The number of methoxy groups -OCH3 is 1. The maximum atomic E-state index is 12.8. The quantitative estimate of drug-likeness (QED) is 0.789. The number of nitrogens with one attached hydrogen (secondary N) is 1. The highest BCUT2D eigenvalue weighted by Gasteiger charge is 2.28. The van der Waals surface area contributed by atoms with Crippen molar-refractivity contribution in [3.05, 3.63) is 65.4 Å². The Morgan fingerprint density at radius 3 is 2.77 bits per heavy atom. The highest BCUT2D eigenvalue weighted by Crippen LogP contribution is 2.37. The Kier molecular flexibility index (Phi) is 3.38. The number of hydrogen-bond donors (Lipinski definition) is 1. The van der Waals surface area contributed by atoms with Crippen molar-refractivity contribution in [2.24, 2.45) is 0 Å². The second kappa shape index (κ2) is 5.77. The van der Waals surface area contributed by atoms with Gasteiger partial charge in [0.25, 0.3) is 0 Å². The first kappa shape index (κ1) is 15.3. The summed E-state index contributed by atoms with van der Waals surface area (Å²) in [5.41, 5.74) is 6.45. The SMILES string of the molecule is COc1ccc(C2=C(c3cn4c5c(cccc35)CCC4)C(=O)CN2)cc1. The molecule has 4 heteroatoms. The Bertz CT molecular complexity index is 1060. The van der Waals surface area contributed by atoms with Crippen LogP contribution < -0.4 is 10.1 Å². The van der Waals surface area contributed by atoms with Crippen molar-refractivity contribution in [2.75, 3.05) is 13.7 Å². The van der Waals surface area contributed by atoms with Crippen LogP contribution in [0.4, 0.5) is 0 Å². The van der Waals surface area contributed by atoms with Gasteiger partial charge in [-0.05, 0) is 48.2 Å². The smallest absolute Gasteiger partial charge is 0.184 e. The number of carbonyl (C=O) groups is 1. The first-order valence-electron chi connectivity index (χ1n) is 9.03. The highest BCUT2D eigenvalue weighted by molar-refractivity contribution is 6.33. The Balaban J connectivity index is 1.73. The molecule has 0 saturated carbocycles. The van der Waals surface area contributed by atoms with Gasteiger partial charge in [-0.25, -0.2) is 0 Å². The number of para-hydroxylation sites is 1. The van der Waals surface area contributed by atoms with Crippen LogP contribution in [0.25, 0.3) is 22.2 Å². The Labute approximate surface area is 152 Å². The second-order valence-corrected chi connectivity index (χ2v) is 6.91. The molecule has 0 saturated heterocycles. The van der Waals surface area contributed by atoms with Crippen molar-refractivity contribution < 1.29 is 9.53 Å². The van der Waals surface area contributed by atoms with Crippen molar-refractivity contribution in [3.63, 3.8) is 0 Å². The lowest BCUT2D eigenvalue weighted by atomic mass is 9.96. The molecule has 0 aliphatic carbocycles. The molecule has 0 bridgehead atoms. The topological polar surface area (TPSA) is 43.3 Å². The summed E-state index contributed by atoms with van der Waals surface area (Å²) in [7, 11) is 1.66. The van der Waals surface area contributed by atoms with Gasteiger partial charge in [-0.3, -0.25) is 4.79 Å². The Morgan fingerprint density at radius 2 is 1.96 bits per heavy atom. The van der Waals surface area contributed by atoms with Gasteiger partial charge in [0.2, 0.25) is 0 Å². The van der Waals surface area contributed by atoms with Crippen LogP contribution in [-0.2, 0) is 17.8 Å². The van der Waals surface area contributed by atoms with E-state index in [2.05, 4.69) is 34.3 Å². The fourth-order valence-electron chi connectivity index (χ4n) is 4.23. The zero-order valence-electron chi connectivity index (χ0n) is 14.7. The molecule has 0 amide bonds. The summed E-state index contributed by atoms with van der Waals surface area (Å²) in [4.78, 5) is 12.8. The van der Waals surface area contributed by atoms with E-state index in [0.29, 0.717) is 6.54 Å². The van der Waals surface area contributed by atoms with Crippen molar-refractivity contribution in [1.82, 2.24) is 9.88 Å². The average molecular weight is 344 g/mol. The number of benzene rings is 2. The van der Waals surface area contributed by atoms with E-state index in [1.54, 1.807) is 7.11 Å². The van der Waals surface area contributed by atoms with Gasteiger partial charge >= 0.3 is 0 Å².